The topological polar surface area (TPSA) is 32.3 Å². The van der Waals surface area contributed by atoms with E-state index in [1.165, 1.54) is 0 Å². The average molecular weight is 214 g/mol. The summed E-state index contributed by atoms with van der Waals surface area (Å²) >= 11 is 0. The highest BCUT2D eigenvalue weighted by atomic mass is 16.2. The Balaban J connectivity index is 4.08. The summed E-state index contributed by atoms with van der Waals surface area (Å²) < 4.78 is 0. The number of carbonyl (C=O) groups is 1. The molecule has 3 nitrogen and oxygen atoms in total. The fourth-order valence-electron chi connectivity index (χ4n) is 1.63. The van der Waals surface area contributed by atoms with Crippen molar-refractivity contribution in [3.8, 4) is 0 Å². The maximum Gasteiger partial charge on any atom is 0.226 e. The normalized spacial score (nSPS) is 12.5. The van der Waals surface area contributed by atoms with Crippen LogP contribution in [0.1, 0.15) is 40.5 Å². The molecule has 0 aromatic rings. The number of nitrogens with one attached hydrogen (secondary N) is 1. The van der Waals surface area contributed by atoms with Crippen LogP contribution in [0.4, 0.5) is 0 Å². The van der Waals surface area contributed by atoms with Crippen molar-refractivity contribution in [1.82, 2.24) is 10.2 Å². The van der Waals surface area contributed by atoms with E-state index in [0.29, 0.717) is 5.91 Å². The molecule has 1 amide bonds. The van der Waals surface area contributed by atoms with Crippen LogP contribution in [0.15, 0.2) is 0 Å². The highest BCUT2D eigenvalue weighted by Crippen LogP contribution is 2.03. The van der Waals surface area contributed by atoms with E-state index in [1.807, 2.05) is 11.8 Å². The number of hydrogen-bond acceptors (Lipinski definition) is 2. The van der Waals surface area contributed by atoms with E-state index >= 15 is 0 Å². The molecule has 3 heteroatoms. The van der Waals surface area contributed by atoms with Crippen molar-refractivity contribution in [2.45, 2.75) is 40.5 Å². The number of amides is 1. The molecule has 0 fully saturated rings. The summed E-state index contributed by atoms with van der Waals surface area (Å²) in [6.45, 7) is 11.8. The molecule has 0 aromatic heterocycles. The van der Waals surface area contributed by atoms with Gasteiger partial charge in [0.15, 0.2) is 0 Å². The van der Waals surface area contributed by atoms with Gasteiger partial charge < -0.3 is 10.2 Å². The lowest BCUT2D eigenvalue weighted by atomic mass is 10.1. The van der Waals surface area contributed by atoms with E-state index < -0.39 is 0 Å². The Morgan fingerprint density at radius 1 is 1.20 bits per heavy atom. The molecule has 1 atom stereocenters. The molecule has 0 saturated carbocycles. The summed E-state index contributed by atoms with van der Waals surface area (Å²) in [6, 6.07) is 0. The van der Waals surface area contributed by atoms with Gasteiger partial charge in [0.2, 0.25) is 5.91 Å². The van der Waals surface area contributed by atoms with Gasteiger partial charge in [0, 0.05) is 25.6 Å². The van der Waals surface area contributed by atoms with Gasteiger partial charge >= 0.3 is 0 Å². The number of carbonyl (C=O) groups excluding carboxylic acids is 1. The van der Waals surface area contributed by atoms with Gasteiger partial charge in [0.25, 0.3) is 0 Å². The molecule has 0 radical (unpaired) electrons. The second-order valence-corrected chi connectivity index (χ2v) is 4.03. The van der Waals surface area contributed by atoms with Crippen LogP contribution in [-0.4, -0.2) is 37.0 Å². The minimum absolute atomic E-state index is 0.100. The lowest BCUT2D eigenvalue weighted by Crippen LogP contribution is -2.40. The summed E-state index contributed by atoms with van der Waals surface area (Å²) in [6.07, 6.45) is 2.08. The zero-order valence-electron chi connectivity index (χ0n) is 10.7. The van der Waals surface area contributed by atoms with Gasteiger partial charge in [-0.15, -0.1) is 0 Å². The highest BCUT2D eigenvalue weighted by Gasteiger charge is 2.18. The molecule has 0 aromatic carbocycles. The van der Waals surface area contributed by atoms with Crippen molar-refractivity contribution in [3.63, 3.8) is 0 Å². The van der Waals surface area contributed by atoms with Crippen molar-refractivity contribution in [2.24, 2.45) is 5.92 Å². The SMILES string of the molecule is CCCN(CCC)C(=O)C(C)CNCC. The first-order valence-corrected chi connectivity index (χ1v) is 6.16. The summed E-state index contributed by atoms with van der Waals surface area (Å²) in [4.78, 5) is 14.0. The van der Waals surface area contributed by atoms with Crippen molar-refractivity contribution in [3.05, 3.63) is 0 Å². The van der Waals surface area contributed by atoms with Gasteiger partial charge in [-0.25, -0.2) is 0 Å². The summed E-state index contributed by atoms with van der Waals surface area (Å²) in [5.41, 5.74) is 0. The third kappa shape index (κ3) is 5.78. The Kier molecular flexibility index (Phi) is 8.38. The molecule has 0 aliphatic heterocycles. The Labute approximate surface area is 94.2 Å². The molecule has 0 saturated heterocycles. The zero-order chi connectivity index (χ0) is 11.7. The smallest absolute Gasteiger partial charge is 0.226 e. The maximum absolute atomic E-state index is 12.0. The molecular weight excluding hydrogens is 188 g/mol. The number of hydrogen-bond donors (Lipinski definition) is 1. The van der Waals surface area contributed by atoms with Gasteiger partial charge in [-0.05, 0) is 19.4 Å². The van der Waals surface area contributed by atoms with E-state index in [2.05, 4.69) is 26.1 Å². The minimum Gasteiger partial charge on any atom is -0.342 e. The van der Waals surface area contributed by atoms with Crippen LogP contribution in [0.2, 0.25) is 0 Å². The van der Waals surface area contributed by atoms with Gasteiger partial charge in [0.05, 0.1) is 0 Å². The van der Waals surface area contributed by atoms with Gasteiger partial charge in [-0.3, -0.25) is 4.79 Å². The third-order valence-corrected chi connectivity index (χ3v) is 2.42. The Morgan fingerprint density at radius 2 is 1.73 bits per heavy atom. The molecule has 1 unspecified atom stereocenters. The van der Waals surface area contributed by atoms with Gasteiger partial charge in [-0.2, -0.15) is 0 Å². The predicted molar refractivity (Wildman–Crippen MR) is 64.9 cm³/mol. The Bertz CT molecular complexity index is 165. The highest BCUT2D eigenvalue weighted by molar-refractivity contribution is 5.78. The first kappa shape index (κ1) is 14.4. The molecule has 0 aliphatic rings. The molecule has 1 N–H and O–H groups in total. The van der Waals surface area contributed by atoms with Gasteiger partial charge in [0.1, 0.15) is 0 Å². The first-order chi connectivity index (χ1) is 7.17. The molecule has 0 spiro atoms. The van der Waals surface area contributed by atoms with Crippen molar-refractivity contribution >= 4 is 5.91 Å². The molecule has 0 bridgehead atoms. The largest absolute Gasteiger partial charge is 0.342 e. The van der Waals surface area contributed by atoms with E-state index in [9.17, 15) is 4.79 Å². The van der Waals surface area contributed by atoms with E-state index in [0.717, 1.165) is 39.0 Å². The Hall–Kier alpha value is -0.570. The summed E-state index contributed by atoms with van der Waals surface area (Å²) in [7, 11) is 0. The van der Waals surface area contributed by atoms with Crippen LogP contribution < -0.4 is 5.32 Å². The maximum atomic E-state index is 12.0. The number of nitrogens with zero attached hydrogens (tertiary/aromatic N) is 1. The molecular formula is C12H26N2O. The lowest BCUT2D eigenvalue weighted by Gasteiger charge is -2.25. The van der Waals surface area contributed by atoms with E-state index in [1.54, 1.807) is 0 Å². The quantitative estimate of drug-likeness (QED) is 0.669. The fourth-order valence-corrected chi connectivity index (χ4v) is 1.63. The first-order valence-electron chi connectivity index (χ1n) is 6.16. The summed E-state index contributed by atoms with van der Waals surface area (Å²) in [5.74, 6) is 0.391. The molecule has 15 heavy (non-hydrogen) atoms. The van der Waals surface area contributed by atoms with Gasteiger partial charge in [-0.1, -0.05) is 27.7 Å². The molecule has 0 rings (SSSR count). The monoisotopic (exact) mass is 214 g/mol. The Morgan fingerprint density at radius 3 is 2.13 bits per heavy atom. The number of rotatable bonds is 8. The summed E-state index contributed by atoms with van der Waals surface area (Å²) in [5, 5.41) is 3.22. The third-order valence-electron chi connectivity index (χ3n) is 2.42. The van der Waals surface area contributed by atoms with Crippen LogP contribution in [-0.2, 0) is 4.79 Å². The minimum atomic E-state index is 0.100. The molecule has 90 valence electrons. The van der Waals surface area contributed by atoms with E-state index in [4.69, 9.17) is 0 Å². The van der Waals surface area contributed by atoms with Crippen LogP contribution in [0, 0.1) is 5.92 Å². The van der Waals surface area contributed by atoms with Crippen LogP contribution >= 0.6 is 0 Å². The van der Waals surface area contributed by atoms with Crippen LogP contribution in [0.5, 0.6) is 0 Å². The lowest BCUT2D eigenvalue weighted by molar-refractivity contribution is -0.134. The second-order valence-electron chi connectivity index (χ2n) is 4.03. The van der Waals surface area contributed by atoms with E-state index in [-0.39, 0.29) is 5.92 Å². The fraction of sp³-hybridized carbons (Fsp3) is 0.917. The van der Waals surface area contributed by atoms with Crippen molar-refractivity contribution < 1.29 is 4.79 Å². The average Bonchev–Trinajstić information content (AvgIpc) is 2.24. The molecule has 0 aliphatic carbocycles. The zero-order valence-corrected chi connectivity index (χ0v) is 10.7. The van der Waals surface area contributed by atoms with Crippen LogP contribution in [0.25, 0.3) is 0 Å². The van der Waals surface area contributed by atoms with Crippen LogP contribution in [0.3, 0.4) is 0 Å². The predicted octanol–water partition coefficient (Wildman–Crippen LogP) is 1.88. The second kappa shape index (κ2) is 8.72. The van der Waals surface area contributed by atoms with Crippen molar-refractivity contribution in [2.75, 3.05) is 26.2 Å². The standard InChI is InChI=1S/C12H26N2O/c1-5-8-14(9-6-2)12(15)11(4)10-13-7-3/h11,13H,5-10H2,1-4H3. The van der Waals surface area contributed by atoms with Crippen molar-refractivity contribution in [1.29, 1.82) is 0 Å². The molecule has 0 heterocycles.